The van der Waals surface area contributed by atoms with E-state index in [1.165, 1.54) is 49.0 Å². The fourth-order valence-corrected chi connectivity index (χ4v) is 4.84. The van der Waals surface area contributed by atoms with E-state index in [4.69, 9.17) is 0 Å². The normalized spacial score (nSPS) is 27.6. The zero-order valence-corrected chi connectivity index (χ0v) is 14.5. The lowest BCUT2D eigenvalue weighted by Gasteiger charge is -2.35. The standard InChI is InChI=1S/C16H26BrNS/c1-3-8-18-11-13-5-4-12(2)9-14(13)10-15-6-7-16(17)19-15/h6-7,12-14,18H,3-5,8-11H2,1-2H3. The van der Waals surface area contributed by atoms with Crippen molar-refractivity contribution in [1.29, 1.82) is 0 Å². The molecule has 3 unspecified atom stereocenters. The maximum Gasteiger partial charge on any atom is 0.0701 e. The van der Waals surface area contributed by atoms with Crippen LogP contribution in [0.25, 0.3) is 0 Å². The van der Waals surface area contributed by atoms with Gasteiger partial charge in [0.15, 0.2) is 0 Å². The molecular weight excluding hydrogens is 318 g/mol. The molecule has 1 heterocycles. The Kier molecular flexibility index (Phi) is 6.37. The summed E-state index contributed by atoms with van der Waals surface area (Å²) in [6.07, 6.45) is 6.76. The van der Waals surface area contributed by atoms with E-state index in [1.807, 2.05) is 11.3 Å². The van der Waals surface area contributed by atoms with E-state index in [-0.39, 0.29) is 0 Å². The number of hydrogen-bond donors (Lipinski definition) is 1. The summed E-state index contributed by atoms with van der Waals surface area (Å²) in [6.45, 7) is 7.06. The van der Waals surface area contributed by atoms with Crippen molar-refractivity contribution in [2.24, 2.45) is 17.8 Å². The van der Waals surface area contributed by atoms with Gasteiger partial charge in [-0.05, 0) is 84.6 Å². The zero-order chi connectivity index (χ0) is 13.7. The maximum absolute atomic E-state index is 3.63. The minimum atomic E-state index is 0.874. The molecule has 3 heteroatoms. The van der Waals surface area contributed by atoms with Gasteiger partial charge >= 0.3 is 0 Å². The Bertz CT molecular complexity index is 377. The van der Waals surface area contributed by atoms with Gasteiger partial charge in [-0.1, -0.05) is 20.3 Å². The van der Waals surface area contributed by atoms with Gasteiger partial charge in [-0.15, -0.1) is 11.3 Å². The van der Waals surface area contributed by atoms with Crippen molar-refractivity contribution >= 4 is 27.3 Å². The monoisotopic (exact) mass is 343 g/mol. The molecule has 0 spiro atoms. The molecule has 1 nitrogen and oxygen atoms in total. The summed E-state index contributed by atoms with van der Waals surface area (Å²) in [5.74, 6) is 2.66. The second-order valence-electron chi connectivity index (χ2n) is 6.05. The molecule has 1 aromatic heterocycles. The first kappa shape index (κ1) is 15.5. The zero-order valence-electron chi connectivity index (χ0n) is 12.1. The third kappa shape index (κ3) is 4.87. The van der Waals surface area contributed by atoms with Crippen molar-refractivity contribution < 1.29 is 0 Å². The molecule has 1 N–H and O–H groups in total. The second kappa shape index (κ2) is 7.80. The molecule has 3 atom stereocenters. The minimum Gasteiger partial charge on any atom is -0.316 e. The highest BCUT2D eigenvalue weighted by molar-refractivity contribution is 9.11. The number of halogens is 1. The molecule has 0 amide bonds. The summed E-state index contributed by atoms with van der Waals surface area (Å²) in [5, 5.41) is 3.63. The summed E-state index contributed by atoms with van der Waals surface area (Å²) >= 11 is 5.49. The highest BCUT2D eigenvalue weighted by Gasteiger charge is 2.28. The molecular formula is C16H26BrNS. The molecule has 1 fully saturated rings. The van der Waals surface area contributed by atoms with Crippen molar-refractivity contribution in [3.63, 3.8) is 0 Å². The fourth-order valence-electron chi connectivity index (χ4n) is 3.26. The first-order valence-corrected chi connectivity index (χ1v) is 9.25. The van der Waals surface area contributed by atoms with Gasteiger partial charge in [-0.2, -0.15) is 0 Å². The Morgan fingerprint density at radius 1 is 1.32 bits per heavy atom. The van der Waals surface area contributed by atoms with Gasteiger partial charge in [0.1, 0.15) is 0 Å². The van der Waals surface area contributed by atoms with Crippen LogP contribution in [0.4, 0.5) is 0 Å². The van der Waals surface area contributed by atoms with Crippen LogP contribution in [-0.2, 0) is 6.42 Å². The Labute approximate surface area is 130 Å². The number of nitrogens with one attached hydrogen (secondary N) is 1. The van der Waals surface area contributed by atoms with Crippen LogP contribution in [0.5, 0.6) is 0 Å². The van der Waals surface area contributed by atoms with Crippen LogP contribution in [0.3, 0.4) is 0 Å². The summed E-state index contributed by atoms with van der Waals surface area (Å²) in [5.41, 5.74) is 0. The summed E-state index contributed by atoms with van der Waals surface area (Å²) in [4.78, 5) is 1.55. The fraction of sp³-hybridized carbons (Fsp3) is 0.750. The largest absolute Gasteiger partial charge is 0.316 e. The Balaban J connectivity index is 1.91. The lowest BCUT2D eigenvalue weighted by atomic mass is 9.73. The van der Waals surface area contributed by atoms with E-state index in [0.717, 1.165) is 17.8 Å². The quantitative estimate of drug-likeness (QED) is 0.708. The van der Waals surface area contributed by atoms with E-state index in [0.29, 0.717) is 0 Å². The lowest BCUT2D eigenvalue weighted by molar-refractivity contribution is 0.184. The van der Waals surface area contributed by atoms with Crippen molar-refractivity contribution in [3.05, 3.63) is 20.8 Å². The number of thiophene rings is 1. The van der Waals surface area contributed by atoms with Crippen LogP contribution in [0, 0.1) is 17.8 Å². The Morgan fingerprint density at radius 2 is 2.16 bits per heavy atom. The lowest BCUT2D eigenvalue weighted by Crippen LogP contribution is -2.34. The number of rotatable bonds is 6. The first-order valence-electron chi connectivity index (χ1n) is 7.64. The molecule has 0 radical (unpaired) electrons. The molecule has 1 aliphatic rings. The maximum atomic E-state index is 3.63. The predicted octanol–water partition coefficient (Wildman–Crippen LogP) is 5.11. The third-order valence-electron chi connectivity index (χ3n) is 4.33. The smallest absolute Gasteiger partial charge is 0.0701 e. The molecule has 0 bridgehead atoms. The van der Waals surface area contributed by atoms with Crippen molar-refractivity contribution in [2.45, 2.75) is 46.0 Å². The van der Waals surface area contributed by atoms with Crippen LogP contribution < -0.4 is 5.32 Å². The summed E-state index contributed by atoms with van der Waals surface area (Å²) < 4.78 is 1.27. The predicted molar refractivity (Wildman–Crippen MR) is 88.9 cm³/mol. The third-order valence-corrected chi connectivity index (χ3v) is 5.97. The van der Waals surface area contributed by atoms with Crippen molar-refractivity contribution in [1.82, 2.24) is 5.32 Å². The highest BCUT2D eigenvalue weighted by atomic mass is 79.9. The van der Waals surface area contributed by atoms with Gasteiger partial charge in [0.05, 0.1) is 3.79 Å². The van der Waals surface area contributed by atoms with Gasteiger partial charge in [0.25, 0.3) is 0 Å². The molecule has 2 rings (SSSR count). The molecule has 108 valence electrons. The van der Waals surface area contributed by atoms with Crippen LogP contribution in [-0.4, -0.2) is 13.1 Å². The van der Waals surface area contributed by atoms with Crippen molar-refractivity contribution in [2.75, 3.05) is 13.1 Å². The molecule has 1 saturated carbocycles. The van der Waals surface area contributed by atoms with Gasteiger partial charge in [-0.3, -0.25) is 0 Å². The van der Waals surface area contributed by atoms with E-state index >= 15 is 0 Å². The Hall–Kier alpha value is 0.140. The summed E-state index contributed by atoms with van der Waals surface area (Å²) in [7, 11) is 0. The van der Waals surface area contributed by atoms with Crippen LogP contribution in [0.2, 0.25) is 0 Å². The Morgan fingerprint density at radius 3 is 2.84 bits per heavy atom. The van der Waals surface area contributed by atoms with E-state index in [1.54, 1.807) is 4.88 Å². The van der Waals surface area contributed by atoms with Gasteiger partial charge in [0, 0.05) is 4.88 Å². The molecule has 1 aliphatic carbocycles. The van der Waals surface area contributed by atoms with E-state index in [9.17, 15) is 0 Å². The molecule has 1 aromatic rings. The SMILES string of the molecule is CCCNCC1CCC(C)CC1Cc1ccc(Br)s1. The van der Waals surface area contributed by atoms with Gasteiger partial charge in [0.2, 0.25) is 0 Å². The molecule has 19 heavy (non-hydrogen) atoms. The van der Waals surface area contributed by atoms with Gasteiger partial charge < -0.3 is 5.32 Å². The van der Waals surface area contributed by atoms with Crippen LogP contribution in [0.15, 0.2) is 15.9 Å². The van der Waals surface area contributed by atoms with Crippen molar-refractivity contribution in [3.8, 4) is 0 Å². The average molecular weight is 344 g/mol. The van der Waals surface area contributed by atoms with Crippen LogP contribution >= 0.6 is 27.3 Å². The minimum absolute atomic E-state index is 0.874. The first-order chi connectivity index (χ1) is 9.19. The highest BCUT2D eigenvalue weighted by Crippen LogP contribution is 2.37. The molecule has 0 aliphatic heterocycles. The second-order valence-corrected chi connectivity index (χ2v) is 8.60. The molecule has 0 aromatic carbocycles. The van der Waals surface area contributed by atoms with Crippen LogP contribution in [0.1, 0.15) is 44.4 Å². The average Bonchev–Trinajstić information content (AvgIpc) is 2.78. The molecule has 0 saturated heterocycles. The topological polar surface area (TPSA) is 12.0 Å². The van der Waals surface area contributed by atoms with E-state index in [2.05, 4.69) is 47.2 Å². The number of hydrogen-bond acceptors (Lipinski definition) is 2. The van der Waals surface area contributed by atoms with E-state index < -0.39 is 0 Å². The van der Waals surface area contributed by atoms with Gasteiger partial charge in [-0.25, -0.2) is 0 Å². The summed E-state index contributed by atoms with van der Waals surface area (Å²) in [6, 6.07) is 4.49.